The summed E-state index contributed by atoms with van der Waals surface area (Å²) in [7, 11) is -3.85. The van der Waals surface area contributed by atoms with Gasteiger partial charge in [0.1, 0.15) is 5.82 Å². The third-order valence-corrected chi connectivity index (χ3v) is 5.14. The SMILES string of the molecule is CC(CC(=O)NCC(F)(F)CN)S(=O)(=O)c1ccc(F)cc1.Cl. The summed E-state index contributed by atoms with van der Waals surface area (Å²) in [5.74, 6) is -4.66. The smallest absolute Gasteiger partial charge is 0.277 e. The monoisotopic (exact) mass is 374 g/mol. The molecule has 0 saturated heterocycles. The van der Waals surface area contributed by atoms with Gasteiger partial charge >= 0.3 is 0 Å². The minimum Gasteiger partial charge on any atom is -0.350 e. The van der Waals surface area contributed by atoms with Crippen molar-refractivity contribution in [2.45, 2.75) is 29.4 Å². The molecule has 5 nitrogen and oxygen atoms in total. The van der Waals surface area contributed by atoms with Crippen molar-refractivity contribution in [3.05, 3.63) is 30.1 Å². The number of nitrogens with one attached hydrogen (secondary N) is 1. The lowest BCUT2D eigenvalue weighted by atomic mass is 10.3. The number of rotatable bonds is 7. The van der Waals surface area contributed by atoms with Crippen LogP contribution in [-0.4, -0.2) is 38.6 Å². The molecule has 1 rings (SSSR count). The van der Waals surface area contributed by atoms with E-state index in [1.165, 1.54) is 6.92 Å². The molecule has 0 aliphatic carbocycles. The van der Waals surface area contributed by atoms with E-state index in [4.69, 9.17) is 5.73 Å². The zero-order chi connectivity index (χ0) is 17.0. The number of nitrogens with two attached hydrogens (primary N) is 1. The van der Waals surface area contributed by atoms with Crippen LogP contribution in [0.5, 0.6) is 0 Å². The van der Waals surface area contributed by atoms with E-state index < -0.39 is 52.2 Å². The zero-order valence-corrected chi connectivity index (χ0v) is 13.9. The molecule has 3 N–H and O–H groups in total. The molecule has 0 bridgehead atoms. The lowest BCUT2D eigenvalue weighted by molar-refractivity contribution is -0.122. The maximum atomic E-state index is 12.9. The molecule has 0 heterocycles. The summed E-state index contributed by atoms with van der Waals surface area (Å²) in [6, 6.07) is 4.15. The molecular formula is C13H18ClF3N2O3S. The van der Waals surface area contributed by atoms with Crippen molar-refractivity contribution in [3.8, 4) is 0 Å². The highest BCUT2D eigenvalue weighted by molar-refractivity contribution is 7.92. The number of halogens is 4. The van der Waals surface area contributed by atoms with Crippen LogP contribution in [0.2, 0.25) is 0 Å². The Hall–Kier alpha value is -1.32. The van der Waals surface area contributed by atoms with E-state index in [1.54, 1.807) is 0 Å². The highest BCUT2D eigenvalue weighted by Gasteiger charge is 2.29. The van der Waals surface area contributed by atoms with Crippen LogP contribution in [0, 0.1) is 5.82 Å². The molecule has 0 aliphatic heterocycles. The Labute approximate surface area is 138 Å². The zero-order valence-electron chi connectivity index (χ0n) is 12.3. The average Bonchev–Trinajstić information content (AvgIpc) is 2.45. The Morgan fingerprint density at radius 3 is 2.30 bits per heavy atom. The van der Waals surface area contributed by atoms with Crippen LogP contribution in [0.1, 0.15) is 13.3 Å². The van der Waals surface area contributed by atoms with Crippen LogP contribution in [0.3, 0.4) is 0 Å². The lowest BCUT2D eigenvalue weighted by Gasteiger charge is -2.16. The van der Waals surface area contributed by atoms with Crippen molar-refractivity contribution in [1.82, 2.24) is 5.32 Å². The summed E-state index contributed by atoms with van der Waals surface area (Å²) >= 11 is 0. The first-order valence-electron chi connectivity index (χ1n) is 6.42. The fourth-order valence-electron chi connectivity index (χ4n) is 1.60. The summed E-state index contributed by atoms with van der Waals surface area (Å²) < 4.78 is 62.9. The Balaban J connectivity index is 0.00000484. The highest BCUT2D eigenvalue weighted by atomic mass is 35.5. The van der Waals surface area contributed by atoms with E-state index in [1.807, 2.05) is 5.32 Å². The van der Waals surface area contributed by atoms with E-state index >= 15 is 0 Å². The van der Waals surface area contributed by atoms with Gasteiger partial charge in [-0.3, -0.25) is 4.79 Å². The molecule has 1 aromatic rings. The molecule has 0 aliphatic rings. The lowest BCUT2D eigenvalue weighted by Crippen LogP contribution is -2.42. The van der Waals surface area contributed by atoms with Crippen LogP contribution >= 0.6 is 12.4 Å². The van der Waals surface area contributed by atoms with Crippen LogP contribution in [0.15, 0.2) is 29.2 Å². The Morgan fingerprint density at radius 2 is 1.83 bits per heavy atom. The molecule has 1 atom stereocenters. The Morgan fingerprint density at radius 1 is 1.30 bits per heavy atom. The highest BCUT2D eigenvalue weighted by Crippen LogP contribution is 2.18. The predicted molar refractivity (Wildman–Crippen MR) is 81.9 cm³/mol. The fourth-order valence-corrected chi connectivity index (χ4v) is 2.95. The number of alkyl halides is 2. The second-order valence-electron chi connectivity index (χ2n) is 4.85. The number of sulfone groups is 1. The minimum atomic E-state index is -3.85. The van der Waals surface area contributed by atoms with Crippen LogP contribution in [0.4, 0.5) is 13.2 Å². The standard InChI is InChI=1S/C13H17F3N2O3S.ClH/c1-9(6-12(19)18-8-13(15,16)7-17)22(20,21)11-4-2-10(14)3-5-11;/h2-5,9H,6-8,17H2,1H3,(H,18,19);1H. The Kier molecular flexibility index (Phi) is 8.02. The van der Waals surface area contributed by atoms with E-state index in [2.05, 4.69) is 0 Å². The largest absolute Gasteiger partial charge is 0.350 e. The molecule has 0 saturated carbocycles. The molecule has 0 radical (unpaired) electrons. The predicted octanol–water partition coefficient (Wildman–Crippen LogP) is 1.51. The molecule has 1 amide bonds. The third kappa shape index (κ3) is 6.36. The van der Waals surface area contributed by atoms with Crippen molar-refractivity contribution >= 4 is 28.2 Å². The van der Waals surface area contributed by atoms with Gasteiger partial charge in [-0.15, -0.1) is 12.4 Å². The second-order valence-corrected chi connectivity index (χ2v) is 7.22. The third-order valence-electron chi connectivity index (χ3n) is 2.99. The minimum absolute atomic E-state index is 0. The van der Waals surface area contributed by atoms with E-state index in [0.717, 1.165) is 24.3 Å². The number of benzene rings is 1. The second kappa shape index (κ2) is 8.51. The van der Waals surface area contributed by atoms with Crippen molar-refractivity contribution in [2.24, 2.45) is 5.73 Å². The van der Waals surface area contributed by atoms with Crippen molar-refractivity contribution in [2.75, 3.05) is 13.1 Å². The average molecular weight is 375 g/mol. The molecule has 23 heavy (non-hydrogen) atoms. The van der Waals surface area contributed by atoms with Gasteiger partial charge in [0.25, 0.3) is 5.92 Å². The first-order valence-corrected chi connectivity index (χ1v) is 7.97. The van der Waals surface area contributed by atoms with Crippen LogP contribution in [0.25, 0.3) is 0 Å². The van der Waals surface area contributed by atoms with Gasteiger partial charge in [0, 0.05) is 6.42 Å². The van der Waals surface area contributed by atoms with E-state index in [9.17, 15) is 26.4 Å². The quantitative estimate of drug-likeness (QED) is 0.708. The summed E-state index contributed by atoms with van der Waals surface area (Å²) in [4.78, 5) is 11.4. The fraction of sp³-hybridized carbons (Fsp3) is 0.462. The van der Waals surface area contributed by atoms with Gasteiger partial charge < -0.3 is 11.1 Å². The molecule has 0 aromatic heterocycles. The van der Waals surface area contributed by atoms with Crippen molar-refractivity contribution in [3.63, 3.8) is 0 Å². The molecule has 10 heteroatoms. The maximum absolute atomic E-state index is 12.9. The number of amides is 1. The van der Waals surface area contributed by atoms with Gasteiger partial charge in [-0.1, -0.05) is 0 Å². The molecular weight excluding hydrogens is 357 g/mol. The maximum Gasteiger partial charge on any atom is 0.277 e. The molecule has 0 fully saturated rings. The first kappa shape index (κ1) is 21.7. The van der Waals surface area contributed by atoms with Crippen LogP contribution < -0.4 is 11.1 Å². The van der Waals surface area contributed by atoms with Gasteiger partial charge in [-0.2, -0.15) is 0 Å². The number of hydrogen-bond donors (Lipinski definition) is 2. The summed E-state index contributed by atoms with van der Waals surface area (Å²) in [6.07, 6.45) is -0.486. The van der Waals surface area contributed by atoms with Gasteiger partial charge in [0.15, 0.2) is 9.84 Å². The number of hydrogen-bond acceptors (Lipinski definition) is 4. The number of carbonyl (C=O) groups is 1. The van der Waals surface area contributed by atoms with E-state index in [0.29, 0.717) is 0 Å². The van der Waals surface area contributed by atoms with Crippen molar-refractivity contribution in [1.29, 1.82) is 0 Å². The van der Waals surface area contributed by atoms with Crippen LogP contribution in [-0.2, 0) is 14.6 Å². The molecule has 1 aromatic carbocycles. The topological polar surface area (TPSA) is 89.3 Å². The van der Waals surface area contributed by atoms with Gasteiger partial charge in [0.2, 0.25) is 5.91 Å². The van der Waals surface area contributed by atoms with E-state index in [-0.39, 0.29) is 17.3 Å². The summed E-state index contributed by atoms with van der Waals surface area (Å²) in [6.45, 7) is -0.596. The molecule has 132 valence electrons. The van der Waals surface area contributed by atoms with Gasteiger partial charge in [0.05, 0.1) is 23.2 Å². The van der Waals surface area contributed by atoms with Gasteiger partial charge in [-0.25, -0.2) is 21.6 Å². The number of carbonyl (C=O) groups excluding carboxylic acids is 1. The Bertz CT molecular complexity index is 624. The molecule has 1 unspecified atom stereocenters. The summed E-state index contributed by atoms with van der Waals surface area (Å²) in [5, 5.41) is 0.809. The normalized spacial score (nSPS) is 13.1. The van der Waals surface area contributed by atoms with Gasteiger partial charge in [-0.05, 0) is 31.2 Å². The first-order chi connectivity index (χ1) is 10.1. The molecule has 0 spiro atoms. The summed E-state index contributed by atoms with van der Waals surface area (Å²) in [5.41, 5.74) is 4.82. The van der Waals surface area contributed by atoms with Crippen molar-refractivity contribution < 1.29 is 26.4 Å².